The Kier molecular flexibility index (Phi) is 2.85. The quantitative estimate of drug-likeness (QED) is 0.644. The third kappa shape index (κ3) is 2.74. The van der Waals surface area contributed by atoms with Gasteiger partial charge in [0.15, 0.2) is 0 Å². The van der Waals surface area contributed by atoms with Gasteiger partial charge in [0.25, 0.3) is 0 Å². The standard InChI is InChI=1S/C8H11NO3/c1-6(2)4-3-5-7-9-12-8(10)11-7/h4H,3,5H2,1-2H3. The van der Waals surface area contributed by atoms with Crippen molar-refractivity contribution >= 4 is 0 Å². The summed E-state index contributed by atoms with van der Waals surface area (Å²) in [5.41, 5.74) is 1.24. The molecule has 1 rings (SSSR count). The summed E-state index contributed by atoms with van der Waals surface area (Å²) in [6, 6.07) is 0. The molecule has 1 aromatic heterocycles. The number of allylic oxidation sites excluding steroid dienone is 2. The van der Waals surface area contributed by atoms with Gasteiger partial charge >= 0.3 is 5.82 Å². The number of hydrogen-bond acceptors (Lipinski definition) is 4. The molecule has 0 aliphatic carbocycles. The van der Waals surface area contributed by atoms with Crippen molar-refractivity contribution in [3.8, 4) is 0 Å². The van der Waals surface area contributed by atoms with Crippen LogP contribution < -0.4 is 5.82 Å². The summed E-state index contributed by atoms with van der Waals surface area (Å²) in [7, 11) is 0. The molecule has 1 heterocycles. The summed E-state index contributed by atoms with van der Waals surface area (Å²) >= 11 is 0. The molecular weight excluding hydrogens is 158 g/mol. The zero-order valence-electron chi connectivity index (χ0n) is 7.16. The average molecular weight is 169 g/mol. The van der Waals surface area contributed by atoms with Crippen LogP contribution in [0.15, 0.2) is 25.4 Å². The van der Waals surface area contributed by atoms with Crippen LogP contribution in [0.3, 0.4) is 0 Å². The summed E-state index contributed by atoms with van der Waals surface area (Å²) in [4.78, 5) is 10.4. The van der Waals surface area contributed by atoms with Gasteiger partial charge in [0, 0.05) is 6.42 Å². The van der Waals surface area contributed by atoms with E-state index in [9.17, 15) is 4.79 Å². The molecule has 0 saturated heterocycles. The molecule has 0 bridgehead atoms. The molecule has 0 radical (unpaired) electrons. The number of nitrogens with zero attached hydrogens (tertiary/aromatic N) is 1. The van der Waals surface area contributed by atoms with Crippen molar-refractivity contribution in [1.82, 2.24) is 5.16 Å². The van der Waals surface area contributed by atoms with E-state index in [1.807, 2.05) is 13.8 Å². The summed E-state index contributed by atoms with van der Waals surface area (Å²) < 4.78 is 8.83. The van der Waals surface area contributed by atoms with E-state index < -0.39 is 5.82 Å². The van der Waals surface area contributed by atoms with E-state index in [1.54, 1.807) is 0 Å². The molecule has 0 N–H and O–H groups in total. The molecule has 0 amide bonds. The molecule has 0 saturated carbocycles. The molecule has 1 aromatic rings. The number of hydrogen-bond donors (Lipinski definition) is 0. The van der Waals surface area contributed by atoms with Crippen molar-refractivity contribution in [3.63, 3.8) is 0 Å². The van der Waals surface area contributed by atoms with E-state index in [-0.39, 0.29) is 0 Å². The molecule has 66 valence electrons. The van der Waals surface area contributed by atoms with Crippen LogP contribution in [0.5, 0.6) is 0 Å². The van der Waals surface area contributed by atoms with E-state index in [0.717, 1.165) is 6.42 Å². The largest absolute Gasteiger partial charge is 0.542 e. The Morgan fingerprint density at radius 2 is 2.33 bits per heavy atom. The molecule has 0 aliphatic heterocycles. The van der Waals surface area contributed by atoms with Gasteiger partial charge in [0.2, 0.25) is 5.89 Å². The zero-order chi connectivity index (χ0) is 8.97. The van der Waals surface area contributed by atoms with E-state index in [2.05, 4.69) is 20.2 Å². The fourth-order valence-electron chi connectivity index (χ4n) is 0.803. The average Bonchev–Trinajstić information content (AvgIpc) is 2.35. The van der Waals surface area contributed by atoms with Crippen molar-refractivity contribution in [2.75, 3.05) is 0 Å². The van der Waals surface area contributed by atoms with Crippen LogP contribution in [-0.2, 0) is 6.42 Å². The van der Waals surface area contributed by atoms with E-state index in [1.165, 1.54) is 5.57 Å². The SMILES string of the molecule is CC(C)=CCCc1noc(=O)o1. The van der Waals surface area contributed by atoms with Crippen LogP contribution in [-0.4, -0.2) is 5.16 Å². The van der Waals surface area contributed by atoms with Gasteiger partial charge in [-0.25, -0.2) is 4.79 Å². The Bertz CT molecular complexity index is 317. The van der Waals surface area contributed by atoms with Gasteiger partial charge < -0.3 is 4.42 Å². The predicted molar refractivity (Wildman–Crippen MR) is 42.8 cm³/mol. The minimum atomic E-state index is -0.734. The van der Waals surface area contributed by atoms with Crippen molar-refractivity contribution in [1.29, 1.82) is 0 Å². The molecule has 4 nitrogen and oxygen atoms in total. The maximum Gasteiger partial charge on any atom is 0.542 e. The van der Waals surface area contributed by atoms with Gasteiger partial charge in [-0.2, -0.15) is 0 Å². The highest BCUT2D eigenvalue weighted by atomic mass is 16.6. The van der Waals surface area contributed by atoms with Gasteiger partial charge in [-0.15, -0.1) is 0 Å². The Morgan fingerprint density at radius 3 is 2.83 bits per heavy atom. The van der Waals surface area contributed by atoms with Crippen LogP contribution in [0.25, 0.3) is 0 Å². The third-order valence-electron chi connectivity index (χ3n) is 1.33. The first-order valence-electron chi connectivity index (χ1n) is 3.77. The summed E-state index contributed by atoms with van der Waals surface area (Å²) in [6.45, 7) is 4.03. The highest BCUT2D eigenvalue weighted by Gasteiger charge is 2.00. The molecule has 0 atom stereocenters. The van der Waals surface area contributed by atoms with Crippen LogP contribution in [0.4, 0.5) is 0 Å². The normalized spacial score (nSPS) is 9.83. The van der Waals surface area contributed by atoms with Crippen molar-refractivity contribution in [3.05, 3.63) is 28.2 Å². The summed E-state index contributed by atoms with van der Waals surface area (Å²) in [6.07, 6.45) is 3.48. The van der Waals surface area contributed by atoms with Gasteiger partial charge in [0.1, 0.15) is 0 Å². The second-order valence-corrected chi connectivity index (χ2v) is 2.75. The lowest BCUT2D eigenvalue weighted by Crippen LogP contribution is -1.87. The molecular formula is C8H11NO3. The molecule has 4 heteroatoms. The zero-order valence-corrected chi connectivity index (χ0v) is 7.16. The first-order valence-corrected chi connectivity index (χ1v) is 3.77. The fourth-order valence-corrected chi connectivity index (χ4v) is 0.803. The Labute approximate surface area is 69.9 Å². The van der Waals surface area contributed by atoms with Crippen LogP contribution in [0, 0.1) is 0 Å². The number of aryl methyl sites for hydroxylation is 1. The topological polar surface area (TPSA) is 56.2 Å². The number of rotatable bonds is 3. The lowest BCUT2D eigenvalue weighted by Gasteiger charge is -1.88. The van der Waals surface area contributed by atoms with Gasteiger partial charge in [-0.3, -0.25) is 4.52 Å². The molecule has 0 aromatic carbocycles. The van der Waals surface area contributed by atoms with Crippen LogP contribution in [0.1, 0.15) is 26.2 Å². The van der Waals surface area contributed by atoms with Gasteiger partial charge in [0.05, 0.1) is 0 Å². The lowest BCUT2D eigenvalue weighted by atomic mass is 10.2. The monoisotopic (exact) mass is 169 g/mol. The molecule has 0 spiro atoms. The predicted octanol–water partition coefficient (Wildman–Crippen LogP) is 1.53. The van der Waals surface area contributed by atoms with E-state index in [4.69, 9.17) is 0 Å². The fraction of sp³-hybridized carbons (Fsp3) is 0.500. The Hall–Kier alpha value is -1.32. The second-order valence-electron chi connectivity index (χ2n) is 2.75. The van der Waals surface area contributed by atoms with Crippen LogP contribution >= 0.6 is 0 Å². The van der Waals surface area contributed by atoms with Gasteiger partial charge in [-0.1, -0.05) is 11.6 Å². The minimum absolute atomic E-state index is 0.359. The highest BCUT2D eigenvalue weighted by molar-refractivity contribution is 4.94. The second kappa shape index (κ2) is 3.90. The molecule has 0 fully saturated rings. The number of aromatic nitrogens is 1. The van der Waals surface area contributed by atoms with E-state index >= 15 is 0 Å². The summed E-state index contributed by atoms with van der Waals surface area (Å²) in [5.74, 6) is -0.375. The first-order chi connectivity index (χ1) is 5.68. The third-order valence-corrected chi connectivity index (χ3v) is 1.33. The Morgan fingerprint density at radius 1 is 1.58 bits per heavy atom. The van der Waals surface area contributed by atoms with Crippen molar-refractivity contribution < 1.29 is 8.94 Å². The smallest absolute Gasteiger partial charge is 0.375 e. The molecule has 12 heavy (non-hydrogen) atoms. The highest BCUT2D eigenvalue weighted by Crippen LogP contribution is 1.99. The van der Waals surface area contributed by atoms with Crippen molar-refractivity contribution in [2.24, 2.45) is 0 Å². The van der Waals surface area contributed by atoms with Crippen LogP contribution in [0.2, 0.25) is 0 Å². The lowest BCUT2D eigenvalue weighted by molar-refractivity contribution is 0.334. The van der Waals surface area contributed by atoms with E-state index in [0.29, 0.717) is 12.3 Å². The molecule has 0 aliphatic rings. The molecule has 0 unspecified atom stereocenters. The minimum Gasteiger partial charge on any atom is -0.375 e. The Balaban J connectivity index is 2.44. The first kappa shape index (κ1) is 8.77. The van der Waals surface area contributed by atoms with Gasteiger partial charge in [-0.05, 0) is 25.4 Å². The van der Waals surface area contributed by atoms with Crippen molar-refractivity contribution in [2.45, 2.75) is 26.7 Å². The maximum absolute atomic E-state index is 10.4. The maximum atomic E-state index is 10.4. The summed E-state index contributed by atoms with van der Waals surface area (Å²) in [5, 5.41) is 3.43.